The smallest absolute Gasteiger partial charge is 0.419 e. The third kappa shape index (κ3) is 13.9. The molecule has 0 spiro atoms. The van der Waals surface area contributed by atoms with Gasteiger partial charge in [0.1, 0.15) is 34.5 Å². The molecule has 12 rings (SSSR count). The van der Waals surface area contributed by atoms with Crippen molar-refractivity contribution in [1.82, 2.24) is 28.7 Å². The maximum atomic E-state index is 13.4. The number of carbonyl (C=O) groups excluding carboxylic acids is 4. The third-order valence-corrected chi connectivity index (χ3v) is 16.8. The molecule has 0 bridgehead atoms. The van der Waals surface area contributed by atoms with E-state index in [1.807, 2.05) is 97.1 Å². The molecule has 2 aromatic heterocycles. The summed E-state index contributed by atoms with van der Waals surface area (Å²) in [5, 5.41) is 11.3. The number of allylic oxidation sites excluding steroid dienone is 2. The number of ether oxygens (including phenoxy) is 5. The van der Waals surface area contributed by atoms with Gasteiger partial charge in [0.2, 0.25) is 11.6 Å². The van der Waals surface area contributed by atoms with Crippen LogP contribution in [0.3, 0.4) is 0 Å². The van der Waals surface area contributed by atoms with E-state index in [1.54, 1.807) is 52.6 Å². The first-order chi connectivity index (χ1) is 42.0. The molecule has 87 heavy (non-hydrogen) atoms. The number of benzene rings is 6. The van der Waals surface area contributed by atoms with E-state index in [9.17, 15) is 24.3 Å². The van der Waals surface area contributed by atoms with Crippen LogP contribution in [0.2, 0.25) is 0 Å². The molecule has 0 unspecified atom stereocenters. The lowest BCUT2D eigenvalue weighted by molar-refractivity contribution is 0.101. The Morgan fingerprint density at radius 3 is 1.43 bits per heavy atom. The second kappa shape index (κ2) is 27.2. The molecule has 18 nitrogen and oxygen atoms in total. The summed E-state index contributed by atoms with van der Waals surface area (Å²) < 4.78 is 33.1. The van der Waals surface area contributed by atoms with Gasteiger partial charge in [0, 0.05) is 160 Å². The number of carbonyl (C=O) groups is 4. The van der Waals surface area contributed by atoms with Crippen LogP contribution in [0, 0.1) is 13.8 Å². The number of aromatic hydroxyl groups is 1. The average Bonchev–Trinajstić information content (AvgIpc) is 1.83. The minimum absolute atomic E-state index is 0.0734. The largest absolute Gasteiger partial charge is 0.508 e. The predicted molar refractivity (Wildman–Crippen MR) is 342 cm³/mol. The van der Waals surface area contributed by atoms with Gasteiger partial charge in [-0.3, -0.25) is 29.1 Å². The summed E-state index contributed by atoms with van der Waals surface area (Å²) in [6, 6.07) is 40.0. The highest BCUT2D eigenvalue weighted by Gasteiger charge is 2.31. The lowest BCUT2D eigenvalue weighted by Crippen LogP contribution is -2.45. The molecular formula is C68H73ClN8O10. The van der Waals surface area contributed by atoms with Gasteiger partial charge < -0.3 is 52.6 Å². The molecule has 0 saturated carbocycles. The Morgan fingerprint density at radius 1 is 0.552 bits per heavy atom. The van der Waals surface area contributed by atoms with Crippen molar-refractivity contribution in [3.8, 4) is 34.5 Å². The summed E-state index contributed by atoms with van der Waals surface area (Å²) in [6.07, 6.45) is 3.10. The Kier molecular flexibility index (Phi) is 19.1. The number of rotatable bonds is 13. The summed E-state index contributed by atoms with van der Waals surface area (Å²) in [5.74, 6) is 2.73. The van der Waals surface area contributed by atoms with Crippen molar-refractivity contribution >= 4 is 80.0 Å². The monoisotopic (exact) mass is 1200 g/mol. The van der Waals surface area contributed by atoms with Crippen molar-refractivity contribution in [2.24, 2.45) is 0 Å². The molecule has 0 radical (unpaired) electrons. The number of anilines is 2. The zero-order valence-corrected chi connectivity index (χ0v) is 51.2. The van der Waals surface area contributed by atoms with Gasteiger partial charge in [-0.15, -0.1) is 0 Å². The molecule has 1 N–H and O–H groups in total. The van der Waals surface area contributed by atoms with Crippen LogP contribution in [0.4, 0.5) is 21.0 Å². The Hall–Kier alpha value is -8.91. The molecular weight excluding hydrogens is 1120 g/mol. The Balaban J connectivity index is 0.000000168. The number of hydrogen-bond acceptors (Lipinski definition) is 14. The molecule has 2 saturated heterocycles. The van der Waals surface area contributed by atoms with E-state index in [0.717, 1.165) is 140 Å². The fraction of sp³-hybridized carbons (Fsp3) is 0.294. The molecule has 8 aromatic rings. The standard InChI is InChI=1S/C34H36N4O5.C26H29N3O4.C8H8ClNO/c1-23-28(29-20-25(41-4)11-13-30(29)38(23)19-18-37-16-14-35(2)15-17-37)22-32-33(39)27-12-10-26(21-31(27)43-32)42-34(40)36(3)24-8-6-5-7-9-24;1-17-21(16-25-26(31)20-6-4-18(30)14-24(20)33-25)22-15-19(32-3)5-7-23(22)29(17)13-12-28-10-8-27(2)9-11-28;1-10(8(9)11)7-5-3-2-4-6-7/h5-13,20-22H,14-19H2,1-4H3;4-7,14-16,30H,8-13H2,1-3H3;2-6H,1H3/b32-22-;25-16-;. The Morgan fingerprint density at radius 2 is 0.977 bits per heavy atom. The van der Waals surface area contributed by atoms with Crippen LogP contribution < -0.4 is 33.5 Å². The number of Topliss-reactive ketones (excluding diaryl/α,β-unsaturated/α-hetero) is 2. The fourth-order valence-electron chi connectivity index (χ4n) is 11.1. The van der Waals surface area contributed by atoms with Crippen LogP contribution in [0.25, 0.3) is 34.0 Å². The summed E-state index contributed by atoms with van der Waals surface area (Å²) in [6.45, 7) is 16.4. The van der Waals surface area contributed by atoms with Crippen molar-refractivity contribution in [3.63, 3.8) is 0 Å². The van der Waals surface area contributed by atoms with E-state index in [1.165, 1.54) is 21.9 Å². The molecule has 19 heteroatoms. The van der Waals surface area contributed by atoms with E-state index >= 15 is 0 Å². The van der Waals surface area contributed by atoms with E-state index in [4.69, 9.17) is 35.3 Å². The number of amides is 2. The number of aromatic nitrogens is 2. The summed E-state index contributed by atoms with van der Waals surface area (Å²) in [7, 11) is 10.9. The summed E-state index contributed by atoms with van der Waals surface area (Å²) in [5.41, 5.74) is 8.58. The minimum Gasteiger partial charge on any atom is -0.508 e. The normalized spacial score (nSPS) is 16.1. The number of nitrogens with zero attached hydrogens (tertiary/aromatic N) is 8. The first-order valence-electron chi connectivity index (χ1n) is 29.0. The molecule has 2 amide bonds. The van der Waals surface area contributed by atoms with Crippen LogP contribution in [-0.4, -0.2) is 165 Å². The molecule has 0 aliphatic carbocycles. The molecule has 2 fully saturated rings. The second-order valence-corrected chi connectivity index (χ2v) is 22.3. The zero-order valence-electron chi connectivity index (χ0n) is 50.4. The Labute approximate surface area is 512 Å². The lowest BCUT2D eigenvalue weighted by Gasteiger charge is -2.32. The van der Waals surface area contributed by atoms with E-state index in [2.05, 4.69) is 68.8 Å². The number of phenols is 1. The first kappa shape index (κ1) is 61.2. The van der Waals surface area contributed by atoms with Gasteiger partial charge in [-0.25, -0.2) is 4.79 Å². The van der Waals surface area contributed by atoms with Gasteiger partial charge in [-0.05, 0) is 137 Å². The van der Waals surface area contributed by atoms with Gasteiger partial charge in [0.25, 0.3) is 0 Å². The maximum Gasteiger partial charge on any atom is 0.419 e. The van der Waals surface area contributed by atoms with Gasteiger partial charge in [-0.1, -0.05) is 36.4 Å². The van der Waals surface area contributed by atoms with E-state index in [-0.39, 0.29) is 28.8 Å². The average molecular weight is 1200 g/mol. The number of fused-ring (bicyclic) bond motifs is 4. The second-order valence-electron chi connectivity index (χ2n) is 22.0. The maximum absolute atomic E-state index is 13.4. The van der Waals surface area contributed by atoms with Crippen LogP contribution in [0.5, 0.6) is 34.5 Å². The van der Waals surface area contributed by atoms with Gasteiger partial charge >= 0.3 is 11.5 Å². The van der Waals surface area contributed by atoms with Crippen molar-refractivity contribution in [1.29, 1.82) is 0 Å². The first-order valence-corrected chi connectivity index (χ1v) is 29.4. The van der Waals surface area contributed by atoms with Crippen molar-refractivity contribution in [2.45, 2.75) is 26.9 Å². The highest BCUT2D eigenvalue weighted by molar-refractivity contribution is 6.66. The summed E-state index contributed by atoms with van der Waals surface area (Å²) in [4.78, 5) is 62.2. The number of para-hydroxylation sites is 2. The quantitative estimate of drug-likeness (QED) is 0.0659. The predicted octanol–water partition coefficient (Wildman–Crippen LogP) is 11.5. The zero-order chi connectivity index (χ0) is 61.5. The highest BCUT2D eigenvalue weighted by Crippen LogP contribution is 2.40. The summed E-state index contributed by atoms with van der Waals surface area (Å²) >= 11 is 5.25. The number of halogens is 1. The topological polar surface area (TPSA) is 164 Å². The molecule has 452 valence electrons. The van der Waals surface area contributed by atoms with Crippen molar-refractivity contribution in [3.05, 3.63) is 179 Å². The van der Waals surface area contributed by atoms with Gasteiger partial charge in [0.05, 0.1) is 25.3 Å². The molecule has 6 heterocycles. The van der Waals surface area contributed by atoms with Crippen LogP contribution in [0.15, 0.2) is 145 Å². The number of hydrogen-bond donors (Lipinski definition) is 1. The van der Waals surface area contributed by atoms with E-state index in [0.29, 0.717) is 34.1 Å². The van der Waals surface area contributed by atoms with Gasteiger partial charge in [0.15, 0.2) is 11.5 Å². The number of likely N-dealkylation sites (N-methyl/N-ethyl adjacent to an activating group) is 2. The van der Waals surface area contributed by atoms with Crippen LogP contribution >= 0.6 is 11.6 Å². The SMILES string of the molecule is CN(C(=O)Cl)c1ccccc1.COc1ccc2c(c1)c(/C=C1\Oc3cc(O)ccc3C1=O)c(C)n2CCN1CCN(C)CC1.COc1ccc2c(c1)c(/C=C1\Oc3cc(OC(=O)N(C)c4ccccc4)ccc3C1=O)c(C)n2CCN1CCN(C)CC1. The van der Waals surface area contributed by atoms with E-state index < -0.39 is 11.5 Å². The van der Waals surface area contributed by atoms with Crippen LogP contribution in [0.1, 0.15) is 43.2 Å². The highest BCUT2D eigenvalue weighted by atomic mass is 35.5. The van der Waals surface area contributed by atoms with Crippen molar-refractivity contribution in [2.75, 3.05) is 118 Å². The number of phenolic OH excluding ortho intramolecular Hbond substituents is 1. The molecule has 4 aliphatic rings. The van der Waals surface area contributed by atoms with Gasteiger partial charge in [-0.2, -0.15) is 0 Å². The molecule has 0 atom stereocenters. The third-order valence-electron chi connectivity index (χ3n) is 16.5. The molecule has 4 aliphatic heterocycles. The fourth-order valence-corrected chi connectivity index (χ4v) is 11.2. The number of piperazine rings is 2. The number of methoxy groups -OCH3 is 2. The van der Waals surface area contributed by atoms with Crippen molar-refractivity contribution < 1.29 is 48.0 Å². The minimum atomic E-state index is -0.541. The van der Waals surface area contributed by atoms with Crippen LogP contribution in [-0.2, 0) is 13.1 Å². The Bertz CT molecular complexity index is 3900. The lowest BCUT2D eigenvalue weighted by atomic mass is 10.1. The molecule has 6 aromatic carbocycles. The number of ketones is 2.